The highest BCUT2D eigenvalue weighted by Crippen LogP contribution is 2.36. The Morgan fingerprint density at radius 3 is 2.24 bits per heavy atom. The number of aliphatic hydroxyl groups is 1. The summed E-state index contributed by atoms with van der Waals surface area (Å²) in [5, 5.41) is 11.1. The molecule has 0 radical (unpaired) electrons. The van der Waals surface area contributed by atoms with Crippen molar-refractivity contribution in [2.24, 2.45) is 0 Å². The highest BCUT2D eigenvalue weighted by molar-refractivity contribution is 5.61. The van der Waals surface area contributed by atoms with Gasteiger partial charge in [-0.25, -0.2) is 0 Å². The van der Waals surface area contributed by atoms with Crippen LogP contribution in [0.1, 0.15) is 24.0 Å². The van der Waals surface area contributed by atoms with Gasteiger partial charge in [-0.2, -0.15) is 0 Å². The topological polar surface area (TPSA) is 23.5 Å². The van der Waals surface area contributed by atoms with Crippen LogP contribution in [0.15, 0.2) is 54.6 Å². The molecule has 3 rings (SSSR count). The Hall–Kier alpha value is -2.24. The monoisotopic (exact) mass is 277 g/mol. The van der Waals surface area contributed by atoms with Crippen LogP contribution >= 0.6 is 0 Å². The quantitative estimate of drug-likeness (QED) is 0.871. The Morgan fingerprint density at radius 1 is 0.952 bits per heavy atom. The molecule has 2 aromatic carbocycles. The van der Waals surface area contributed by atoms with Crippen LogP contribution in [0, 0.1) is 12.3 Å². The first-order chi connectivity index (χ1) is 10.3. The minimum absolute atomic E-state index is 0.735. The van der Waals surface area contributed by atoms with E-state index in [0.717, 1.165) is 29.9 Å². The van der Waals surface area contributed by atoms with Crippen molar-refractivity contribution in [1.82, 2.24) is 0 Å². The van der Waals surface area contributed by atoms with E-state index in [9.17, 15) is 5.11 Å². The summed E-state index contributed by atoms with van der Waals surface area (Å²) in [4.78, 5) is 2.31. The number of anilines is 1. The van der Waals surface area contributed by atoms with Crippen LogP contribution in [0.4, 0.5) is 5.69 Å². The maximum Gasteiger partial charge on any atom is 0.178 e. The van der Waals surface area contributed by atoms with Crippen LogP contribution in [0.3, 0.4) is 0 Å². The highest BCUT2D eigenvalue weighted by Gasteiger charge is 2.33. The molecule has 0 amide bonds. The molecule has 1 saturated heterocycles. The highest BCUT2D eigenvalue weighted by atomic mass is 16.3. The number of para-hydroxylation sites is 1. The second-order valence-electron chi connectivity index (χ2n) is 5.43. The molecule has 1 aliphatic heterocycles. The number of hydrogen-bond donors (Lipinski definition) is 1. The zero-order valence-electron chi connectivity index (χ0n) is 12.0. The zero-order valence-corrected chi connectivity index (χ0v) is 12.0. The first-order valence-corrected chi connectivity index (χ1v) is 7.36. The molecule has 1 atom stereocenters. The van der Waals surface area contributed by atoms with Gasteiger partial charge in [0.25, 0.3) is 0 Å². The molecule has 2 heteroatoms. The first kappa shape index (κ1) is 13.7. The third-order valence-electron chi connectivity index (χ3n) is 4.14. The standard InChI is InChI=1S/C19H19NO/c1-2-19(21,16-10-4-3-5-11-16)17-12-6-7-13-18(17)20-14-8-9-15-20/h1,3-7,10-13,21H,8-9,14-15H2. The average molecular weight is 277 g/mol. The maximum absolute atomic E-state index is 11.1. The van der Waals surface area contributed by atoms with E-state index in [2.05, 4.69) is 10.8 Å². The summed E-state index contributed by atoms with van der Waals surface area (Å²) in [5.41, 5.74) is 1.18. The summed E-state index contributed by atoms with van der Waals surface area (Å²) < 4.78 is 0. The van der Waals surface area contributed by atoms with Gasteiger partial charge in [-0.3, -0.25) is 0 Å². The molecule has 0 aliphatic carbocycles. The van der Waals surface area contributed by atoms with Crippen LogP contribution in [0.5, 0.6) is 0 Å². The Morgan fingerprint density at radius 2 is 1.57 bits per heavy atom. The van der Waals surface area contributed by atoms with Gasteiger partial charge < -0.3 is 10.0 Å². The first-order valence-electron chi connectivity index (χ1n) is 7.36. The molecule has 0 saturated carbocycles. The van der Waals surface area contributed by atoms with Crippen LogP contribution in [-0.4, -0.2) is 18.2 Å². The molecular formula is C19H19NO. The molecule has 2 nitrogen and oxygen atoms in total. The fourth-order valence-electron chi connectivity index (χ4n) is 3.01. The van der Waals surface area contributed by atoms with E-state index in [0.29, 0.717) is 0 Å². The van der Waals surface area contributed by atoms with E-state index in [1.165, 1.54) is 12.8 Å². The van der Waals surface area contributed by atoms with Crippen molar-refractivity contribution in [2.75, 3.05) is 18.0 Å². The molecule has 0 aromatic heterocycles. The van der Waals surface area contributed by atoms with Gasteiger partial charge in [0.15, 0.2) is 5.60 Å². The molecule has 1 heterocycles. The fraction of sp³-hybridized carbons (Fsp3) is 0.263. The molecule has 1 N–H and O–H groups in total. The largest absolute Gasteiger partial charge is 0.371 e. The molecule has 106 valence electrons. The summed E-state index contributed by atoms with van der Waals surface area (Å²) in [6.45, 7) is 2.04. The predicted octanol–water partition coefficient (Wildman–Crippen LogP) is 3.16. The normalized spacial score (nSPS) is 17.2. The van der Waals surface area contributed by atoms with Crippen LogP contribution in [-0.2, 0) is 5.60 Å². The smallest absolute Gasteiger partial charge is 0.178 e. The maximum atomic E-state index is 11.1. The molecule has 1 unspecified atom stereocenters. The summed E-state index contributed by atoms with van der Waals surface area (Å²) >= 11 is 0. The molecular weight excluding hydrogens is 258 g/mol. The van der Waals surface area contributed by atoms with Crippen LogP contribution in [0.2, 0.25) is 0 Å². The fourth-order valence-corrected chi connectivity index (χ4v) is 3.01. The minimum atomic E-state index is -1.39. The molecule has 0 spiro atoms. The Kier molecular flexibility index (Phi) is 3.68. The minimum Gasteiger partial charge on any atom is -0.371 e. The molecule has 2 aromatic rings. The number of terminal acetylenes is 1. The van der Waals surface area contributed by atoms with Gasteiger partial charge >= 0.3 is 0 Å². The number of rotatable bonds is 3. The summed E-state index contributed by atoms with van der Waals surface area (Å²) in [6.07, 6.45) is 8.10. The van der Waals surface area contributed by atoms with Crippen LogP contribution in [0.25, 0.3) is 0 Å². The molecule has 1 aliphatic rings. The van der Waals surface area contributed by atoms with Crippen molar-refractivity contribution < 1.29 is 5.11 Å². The third-order valence-corrected chi connectivity index (χ3v) is 4.14. The Bertz CT molecular complexity index is 653. The van der Waals surface area contributed by atoms with Crippen molar-refractivity contribution in [3.63, 3.8) is 0 Å². The second kappa shape index (κ2) is 5.63. The van der Waals surface area contributed by atoms with Crippen molar-refractivity contribution in [2.45, 2.75) is 18.4 Å². The SMILES string of the molecule is C#CC(O)(c1ccccc1)c1ccccc1N1CCCC1. The van der Waals surface area contributed by atoms with Crippen molar-refractivity contribution in [3.05, 3.63) is 65.7 Å². The van der Waals surface area contributed by atoms with E-state index in [4.69, 9.17) is 6.42 Å². The van der Waals surface area contributed by atoms with Crippen molar-refractivity contribution in [1.29, 1.82) is 0 Å². The number of benzene rings is 2. The van der Waals surface area contributed by atoms with E-state index in [-0.39, 0.29) is 0 Å². The zero-order chi connectivity index (χ0) is 14.7. The lowest BCUT2D eigenvalue weighted by molar-refractivity contribution is 0.146. The number of nitrogens with zero attached hydrogens (tertiary/aromatic N) is 1. The summed E-state index contributed by atoms with van der Waals surface area (Å²) in [7, 11) is 0. The lowest BCUT2D eigenvalue weighted by Gasteiger charge is -2.29. The van der Waals surface area contributed by atoms with Gasteiger partial charge in [0, 0.05) is 29.9 Å². The molecule has 21 heavy (non-hydrogen) atoms. The molecule has 1 fully saturated rings. The molecule has 0 bridgehead atoms. The number of hydrogen-bond acceptors (Lipinski definition) is 2. The second-order valence-corrected chi connectivity index (χ2v) is 5.43. The van der Waals surface area contributed by atoms with Crippen LogP contribution < -0.4 is 4.90 Å². The van der Waals surface area contributed by atoms with E-state index in [1.807, 2.05) is 54.6 Å². The summed E-state index contributed by atoms with van der Waals surface area (Å²) in [6, 6.07) is 17.4. The van der Waals surface area contributed by atoms with Gasteiger partial charge in [-0.05, 0) is 18.9 Å². The van der Waals surface area contributed by atoms with Gasteiger partial charge in [-0.15, -0.1) is 6.42 Å². The summed E-state index contributed by atoms with van der Waals surface area (Å²) in [5.74, 6) is 2.60. The van der Waals surface area contributed by atoms with Gasteiger partial charge in [0.1, 0.15) is 0 Å². The van der Waals surface area contributed by atoms with E-state index in [1.54, 1.807) is 0 Å². The van der Waals surface area contributed by atoms with Crippen molar-refractivity contribution in [3.8, 4) is 12.3 Å². The van der Waals surface area contributed by atoms with Gasteiger partial charge in [0.2, 0.25) is 0 Å². The lowest BCUT2D eigenvalue weighted by Crippen LogP contribution is -2.29. The Balaban J connectivity index is 2.12. The predicted molar refractivity (Wildman–Crippen MR) is 86.2 cm³/mol. The lowest BCUT2D eigenvalue weighted by atomic mass is 9.86. The average Bonchev–Trinajstić information content (AvgIpc) is 3.09. The third kappa shape index (κ3) is 2.41. The van der Waals surface area contributed by atoms with Gasteiger partial charge in [0.05, 0.1) is 0 Å². The van der Waals surface area contributed by atoms with Gasteiger partial charge in [-0.1, -0.05) is 54.5 Å². The van der Waals surface area contributed by atoms with E-state index < -0.39 is 5.60 Å². The van der Waals surface area contributed by atoms with E-state index >= 15 is 0 Å². The Labute approximate surface area is 126 Å². The van der Waals surface area contributed by atoms with Crippen molar-refractivity contribution >= 4 is 5.69 Å².